The monoisotopic (exact) mass is 380 g/mol. The predicted molar refractivity (Wildman–Crippen MR) is 110 cm³/mol. The molecule has 1 atom stereocenters. The Morgan fingerprint density at radius 3 is 2.57 bits per heavy atom. The zero-order valence-corrected chi connectivity index (χ0v) is 16.7. The number of nitrogens with zero attached hydrogens (tertiary/aromatic N) is 6. The SMILES string of the molecule is Cc1cc(C(=O)N2CCCC(C)C2)nc(N2CCN(c3ccccn3)CC2)n1. The standard InChI is InChI=1S/C21H28N6O/c1-16-6-5-9-27(15-16)20(28)18-14-17(2)23-21(24-18)26-12-10-25(11-13-26)19-7-3-4-8-22-19/h3-4,7-8,14,16H,5-6,9-13,15H2,1-2H3. The van der Waals surface area contributed by atoms with Crippen molar-refractivity contribution in [3.63, 3.8) is 0 Å². The Hall–Kier alpha value is -2.70. The van der Waals surface area contributed by atoms with E-state index in [-0.39, 0.29) is 5.91 Å². The molecule has 0 bridgehead atoms. The molecule has 1 amide bonds. The second-order valence-corrected chi connectivity index (χ2v) is 7.86. The normalized spacial score (nSPS) is 20.4. The summed E-state index contributed by atoms with van der Waals surface area (Å²) in [6, 6.07) is 7.80. The van der Waals surface area contributed by atoms with E-state index >= 15 is 0 Å². The van der Waals surface area contributed by atoms with Gasteiger partial charge in [-0.15, -0.1) is 0 Å². The first-order chi connectivity index (χ1) is 13.6. The number of aryl methyl sites for hydroxylation is 1. The van der Waals surface area contributed by atoms with Gasteiger partial charge >= 0.3 is 0 Å². The van der Waals surface area contributed by atoms with Crippen molar-refractivity contribution in [2.75, 3.05) is 49.1 Å². The number of piperazine rings is 1. The lowest BCUT2D eigenvalue weighted by Crippen LogP contribution is -2.47. The van der Waals surface area contributed by atoms with E-state index in [1.807, 2.05) is 42.3 Å². The summed E-state index contributed by atoms with van der Waals surface area (Å²) in [7, 11) is 0. The van der Waals surface area contributed by atoms with E-state index in [0.717, 1.165) is 57.2 Å². The number of carbonyl (C=O) groups is 1. The van der Waals surface area contributed by atoms with Crippen LogP contribution in [0.4, 0.5) is 11.8 Å². The van der Waals surface area contributed by atoms with Gasteiger partial charge in [0.05, 0.1) is 0 Å². The highest BCUT2D eigenvalue weighted by Crippen LogP contribution is 2.20. The molecule has 0 spiro atoms. The number of hydrogen-bond donors (Lipinski definition) is 0. The van der Waals surface area contributed by atoms with Crippen LogP contribution in [0.15, 0.2) is 30.5 Å². The molecule has 0 N–H and O–H groups in total. The molecule has 0 radical (unpaired) electrons. The Labute approximate surface area is 166 Å². The number of carbonyl (C=O) groups excluding carboxylic acids is 1. The number of anilines is 2. The third kappa shape index (κ3) is 4.08. The number of hydrogen-bond acceptors (Lipinski definition) is 6. The van der Waals surface area contributed by atoms with Crippen molar-refractivity contribution in [2.24, 2.45) is 5.92 Å². The Bertz CT molecular complexity index is 819. The van der Waals surface area contributed by atoms with Gasteiger partial charge in [-0.3, -0.25) is 4.79 Å². The number of pyridine rings is 1. The summed E-state index contributed by atoms with van der Waals surface area (Å²) in [5.41, 5.74) is 1.36. The molecule has 4 heterocycles. The molecule has 2 aliphatic heterocycles. The summed E-state index contributed by atoms with van der Waals surface area (Å²) < 4.78 is 0. The van der Waals surface area contributed by atoms with Gasteiger partial charge in [-0.25, -0.2) is 15.0 Å². The van der Waals surface area contributed by atoms with Crippen molar-refractivity contribution in [1.82, 2.24) is 19.9 Å². The van der Waals surface area contributed by atoms with Crippen LogP contribution < -0.4 is 9.80 Å². The van der Waals surface area contributed by atoms with E-state index in [9.17, 15) is 4.79 Å². The largest absolute Gasteiger partial charge is 0.353 e. The lowest BCUT2D eigenvalue weighted by Gasteiger charge is -2.35. The van der Waals surface area contributed by atoms with E-state index < -0.39 is 0 Å². The second-order valence-electron chi connectivity index (χ2n) is 7.86. The molecule has 28 heavy (non-hydrogen) atoms. The average molecular weight is 380 g/mol. The zero-order valence-electron chi connectivity index (χ0n) is 16.7. The quantitative estimate of drug-likeness (QED) is 0.815. The first-order valence-electron chi connectivity index (χ1n) is 10.2. The predicted octanol–water partition coefficient (Wildman–Crippen LogP) is 2.38. The molecule has 0 aliphatic carbocycles. The number of likely N-dealkylation sites (tertiary alicyclic amines) is 1. The van der Waals surface area contributed by atoms with Gasteiger partial charge in [0.25, 0.3) is 5.91 Å². The fourth-order valence-corrected chi connectivity index (χ4v) is 4.02. The number of amides is 1. The molecular weight excluding hydrogens is 352 g/mol. The molecule has 2 fully saturated rings. The van der Waals surface area contributed by atoms with Crippen LogP contribution in [0.5, 0.6) is 0 Å². The summed E-state index contributed by atoms with van der Waals surface area (Å²) in [6.07, 6.45) is 4.09. The summed E-state index contributed by atoms with van der Waals surface area (Å²) in [5.74, 6) is 2.25. The van der Waals surface area contributed by atoms with Crippen molar-refractivity contribution in [3.05, 3.63) is 41.9 Å². The van der Waals surface area contributed by atoms with Crippen molar-refractivity contribution < 1.29 is 4.79 Å². The van der Waals surface area contributed by atoms with Gasteiger partial charge in [0.15, 0.2) is 0 Å². The van der Waals surface area contributed by atoms with Crippen LogP contribution in [0.3, 0.4) is 0 Å². The van der Waals surface area contributed by atoms with Crippen molar-refractivity contribution in [3.8, 4) is 0 Å². The van der Waals surface area contributed by atoms with Crippen LogP contribution in [-0.4, -0.2) is 65.0 Å². The fourth-order valence-electron chi connectivity index (χ4n) is 4.02. The highest BCUT2D eigenvalue weighted by atomic mass is 16.2. The van der Waals surface area contributed by atoms with E-state index in [1.165, 1.54) is 6.42 Å². The van der Waals surface area contributed by atoms with Gasteiger partial charge in [0.1, 0.15) is 11.5 Å². The Kier molecular flexibility index (Phi) is 5.41. The van der Waals surface area contributed by atoms with Crippen LogP contribution in [-0.2, 0) is 0 Å². The topological polar surface area (TPSA) is 65.5 Å². The highest BCUT2D eigenvalue weighted by Gasteiger charge is 2.25. The lowest BCUT2D eigenvalue weighted by atomic mass is 10.00. The molecule has 7 heteroatoms. The summed E-state index contributed by atoms with van der Waals surface area (Å²) in [6.45, 7) is 9.14. The van der Waals surface area contributed by atoms with Crippen LogP contribution in [0.1, 0.15) is 35.9 Å². The van der Waals surface area contributed by atoms with Crippen molar-refractivity contribution in [2.45, 2.75) is 26.7 Å². The molecule has 148 valence electrons. The summed E-state index contributed by atoms with van der Waals surface area (Å²) >= 11 is 0. The maximum atomic E-state index is 13.0. The van der Waals surface area contributed by atoms with Crippen LogP contribution in [0, 0.1) is 12.8 Å². The third-order valence-corrected chi connectivity index (χ3v) is 5.54. The average Bonchev–Trinajstić information content (AvgIpc) is 2.73. The first kappa shape index (κ1) is 18.7. The van der Waals surface area contributed by atoms with Crippen LogP contribution >= 0.6 is 0 Å². The van der Waals surface area contributed by atoms with Crippen molar-refractivity contribution >= 4 is 17.7 Å². The zero-order chi connectivity index (χ0) is 19.5. The van der Waals surface area contributed by atoms with Crippen molar-refractivity contribution in [1.29, 1.82) is 0 Å². The minimum Gasteiger partial charge on any atom is -0.353 e. The first-order valence-corrected chi connectivity index (χ1v) is 10.2. The third-order valence-electron chi connectivity index (χ3n) is 5.54. The molecule has 2 aliphatic rings. The van der Waals surface area contributed by atoms with E-state index in [1.54, 1.807) is 0 Å². The highest BCUT2D eigenvalue weighted by molar-refractivity contribution is 5.92. The molecular formula is C21H28N6O. The molecule has 1 unspecified atom stereocenters. The maximum Gasteiger partial charge on any atom is 0.272 e. The van der Waals surface area contributed by atoms with Gasteiger partial charge in [-0.2, -0.15) is 0 Å². The van der Waals surface area contributed by atoms with Gasteiger partial charge in [0.2, 0.25) is 5.95 Å². The van der Waals surface area contributed by atoms with E-state index in [2.05, 4.69) is 31.7 Å². The Balaban J connectivity index is 1.46. The molecule has 2 aromatic heterocycles. The Morgan fingerprint density at radius 1 is 1.07 bits per heavy atom. The number of rotatable bonds is 3. The molecule has 2 aromatic rings. The van der Waals surface area contributed by atoms with E-state index in [0.29, 0.717) is 17.6 Å². The number of piperidine rings is 1. The Morgan fingerprint density at radius 2 is 1.86 bits per heavy atom. The maximum absolute atomic E-state index is 13.0. The molecule has 2 saturated heterocycles. The van der Waals surface area contributed by atoms with Gasteiger partial charge in [-0.1, -0.05) is 13.0 Å². The van der Waals surface area contributed by atoms with Gasteiger partial charge < -0.3 is 14.7 Å². The van der Waals surface area contributed by atoms with Crippen LogP contribution in [0.2, 0.25) is 0 Å². The van der Waals surface area contributed by atoms with Gasteiger partial charge in [0, 0.05) is 51.2 Å². The second kappa shape index (κ2) is 8.12. The summed E-state index contributed by atoms with van der Waals surface area (Å²) in [4.78, 5) is 33.0. The van der Waals surface area contributed by atoms with E-state index in [4.69, 9.17) is 0 Å². The summed E-state index contributed by atoms with van der Waals surface area (Å²) in [5, 5.41) is 0. The smallest absolute Gasteiger partial charge is 0.272 e. The lowest BCUT2D eigenvalue weighted by molar-refractivity contribution is 0.0677. The fraction of sp³-hybridized carbons (Fsp3) is 0.524. The molecule has 4 rings (SSSR count). The minimum atomic E-state index is 0.0328. The minimum absolute atomic E-state index is 0.0328. The van der Waals surface area contributed by atoms with Crippen LogP contribution in [0.25, 0.3) is 0 Å². The number of aromatic nitrogens is 3. The van der Waals surface area contributed by atoms with Gasteiger partial charge in [-0.05, 0) is 43.9 Å². The molecule has 0 aromatic carbocycles. The molecule has 0 saturated carbocycles. The molecule has 7 nitrogen and oxygen atoms in total.